The molecule has 0 unspecified atom stereocenters. The SMILES string of the molecule is Cc1cc(C)nc(SCC(=O)NN=CC=C2N(C)c3ccccc3C2(C)C)n1. The van der Waals surface area contributed by atoms with Crippen LogP contribution in [0.3, 0.4) is 0 Å². The molecule has 7 heteroatoms. The highest BCUT2D eigenvalue weighted by molar-refractivity contribution is 7.99. The average molecular weight is 396 g/mol. The first kappa shape index (κ1) is 20.1. The van der Waals surface area contributed by atoms with Crippen LogP contribution in [0.5, 0.6) is 0 Å². The molecule has 3 rings (SSSR count). The molecule has 1 aromatic heterocycles. The fourth-order valence-corrected chi connectivity index (χ4v) is 4.18. The number of anilines is 1. The number of hydrazone groups is 1. The van der Waals surface area contributed by atoms with Crippen LogP contribution in [0.15, 0.2) is 52.4 Å². The number of para-hydroxylation sites is 1. The molecule has 1 aliphatic heterocycles. The third-order valence-electron chi connectivity index (χ3n) is 4.73. The van der Waals surface area contributed by atoms with E-state index in [1.54, 1.807) is 6.21 Å². The molecule has 6 nitrogen and oxygen atoms in total. The third-order valence-corrected chi connectivity index (χ3v) is 5.58. The number of benzene rings is 1. The number of hydrogen-bond donors (Lipinski definition) is 1. The molecule has 0 aliphatic carbocycles. The van der Waals surface area contributed by atoms with E-state index in [1.165, 1.54) is 23.0 Å². The quantitative estimate of drug-likeness (QED) is 0.363. The molecule has 0 radical (unpaired) electrons. The van der Waals surface area contributed by atoms with E-state index in [0.29, 0.717) is 5.16 Å². The number of allylic oxidation sites excluding steroid dienone is 2. The zero-order valence-electron chi connectivity index (χ0n) is 16.9. The van der Waals surface area contributed by atoms with Gasteiger partial charge in [-0.2, -0.15) is 5.10 Å². The molecule has 2 heterocycles. The topological polar surface area (TPSA) is 70.5 Å². The van der Waals surface area contributed by atoms with Gasteiger partial charge in [0, 0.05) is 41.4 Å². The summed E-state index contributed by atoms with van der Waals surface area (Å²) in [5.74, 6) is 0.0259. The molecule has 28 heavy (non-hydrogen) atoms. The maximum atomic E-state index is 12.0. The Bertz CT molecular complexity index is 931. The van der Waals surface area contributed by atoms with Crippen LogP contribution < -0.4 is 10.3 Å². The van der Waals surface area contributed by atoms with Gasteiger partial charge in [0.15, 0.2) is 5.16 Å². The molecule has 2 aromatic rings. The van der Waals surface area contributed by atoms with Crippen LogP contribution in [0.1, 0.15) is 30.8 Å². The molecule has 0 saturated carbocycles. The standard InChI is InChI=1S/C21H25N5OS/c1-14-12-15(2)24-20(23-14)28-13-19(27)25-22-11-10-18-21(3,4)16-8-6-7-9-17(16)26(18)5/h6-12H,13H2,1-5H3,(H,25,27). The molecule has 0 atom stereocenters. The van der Waals surface area contributed by atoms with Crippen molar-refractivity contribution in [3.8, 4) is 0 Å². The number of aromatic nitrogens is 2. The van der Waals surface area contributed by atoms with Crippen LogP contribution in [-0.4, -0.2) is 34.9 Å². The summed E-state index contributed by atoms with van der Waals surface area (Å²) in [6, 6.07) is 10.3. The molecule has 1 aromatic carbocycles. The van der Waals surface area contributed by atoms with Crippen LogP contribution in [0.2, 0.25) is 0 Å². The molecule has 0 bridgehead atoms. The Hall–Kier alpha value is -2.67. The van der Waals surface area contributed by atoms with E-state index in [1.807, 2.05) is 39.1 Å². The first-order valence-electron chi connectivity index (χ1n) is 9.10. The van der Waals surface area contributed by atoms with Crippen molar-refractivity contribution >= 4 is 29.6 Å². The number of nitrogens with zero attached hydrogens (tertiary/aromatic N) is 4. The Balaban J connectivity index is 1.58. The van der Waals surface area contributed by atoms with Crippen molar-refractivity contribution in [2.75, 3.05) is 17.7 Å². The number of amides is 1. The van der Waals surface area contributed by atoms with Crippen LogP contribution in [0, 0.1) is 13.8 Å². The number of aryl methyl sites for hydroxylation is 2. The minimum absolute atomic E-state index is 0.113. The Kier molecular flexibility index (Phi) is 5.84. The van der Waals surface area contributed by atoms with E-state index in [4.69, 9.17) is 0 Å². The fraction of sp³-hybridized carbons (Fsp3) is 0.333. The van der Waals surface area contributed by atoms with E-state index in [0.717, 1.165) is 17.1 Å². The summed E-state index contributed by atoms with van der Waals surface area (Å²) >= 11 is 1.30. The van der Waals surface area contributed by atoms with Crippen LogP contribution in [0.25, 0.3) is 0 Å². The summed E-state index contributed by atoms with van der Waals surface area (Å²) in [7, 11) is 2.05. The van der Waals surface area contributed by atoms with Crippen molar-refractivity contribution < 1.29 is 4.79 Å². The highest BCUT2D eigenvalue weighted by Crippen LogP contribution is 2.46. The van der Waals surface area contributed by atoms with Crippen molar-refractivity contribution in [2.24, 2.45) is 5.10 Å². The van der Waals surface area contributed by atoms with Gasteiger partial charge in [-0.1, -0.05) is 43.8 Å². The van der Waals surface area contributed by atoms with Gasteiger partial charge in [0.2, 0.25) is 0 Å². The van der Waals surface area contributed by atoms with Gasteiger partial charge in [0.05, 0.1) is 5.75 Å². The summed E-state index contributed by atoms with van der Waals surface area (Å²) in [4.78, 5) is 22.8. The van der Waals surface area contributed by atoms with Crippen molar-refractivity contribution in [3.05, 3.63) is 59.1 Å². The van der Waals surface area contributed by atoms with Gasteiger partial charge in [-0.25, -0.2) is 15.4 Å². The number of nitrogens with one attached hydrogen (secondary N) is 1. The molecule has 1 N–H and O–H groups in total. The number of rotatable bonds is 5. The average Bonchev–Trinajstić information content (AvgIpc) is 2.83. The number of thioether (sulfide) groups is 1. The van der Waals surface area contributed by atoms with Crippen molar-refractivity contribution in [2.45, 2.75) is 38.3 Å². The Morgan fingerprint density at radius 3 is 2.61 bits per heavy atom. The zero-order chi connectivity index (χ0) is 20.3. The van der Waals surface area contributed by atoms with Crippen LogP contribution in [-0.2, 0) is 10.2 Å². The van der Waals surface area contributed by atoms with E-state index in [2.05, 4.69) is 57.4 Å². The second kappa shape index (κ2) is 8.14. The molecule has 1 amide bonds. The first-order chi connectivity index (χ1) is 13.3. The van der Waals surface area contributed by atoms with Gasteiger partial charge in [0.25, 0.3) is 5.91 Å². The zero-order valence-corrected chi connectivity index (χ0v) is 17.7. The molecule has 146 valence electrons. The van der Waals surface area contributed by atoms with Crippen LogP contribution in [0.4, 0.5) is 5.69 Å². The fourth-order valence-electron chi connectivity index (χ4n) is 3.44. The lowest BCUT2D eigenvalue weighted by Crippen LogP contribution is -2.23. The second-order valence-corrected chi connectivity index (χ2v) is 8.23. The maximum Gasteiger partial charge on any atom is 0.250 e. The summed E-state index contributed by atoms with van der Waals surface area (Å²) in [6.45, 7) is 8.20. The van der Waals surface area contributed by atoms with E-state index < -0.39 is 0 Å². The number of carbonyl (C=O) groups is 1. The molecule has 0 saturated heterocycles. The molecule has 0 fully saturated rings. The highest BCUT2D eigenvalue weighted by Gasteiger charge is 2.37. The largest absolute Gasteiger partial charge is 0.347 e. The van der Waals surface area contributed by atoms with Crippen molar-refractivity contribution in [3.63, 3.8) is 0 Å². The Morgan fingerprint density at radius 1 is 1.25 bits per heavy atom. The van der Waals surface area contributed by atoms with Gasteiger partial charge in [0.1, 0.15) is 0 Å². The number of hydrogen-bond acceptors (Lipinski definition) is 6. The minimum Gasteiger partial charge on any atom is -0.347 e. The molecular formula is C21H25N5OS. The Morgan fingerprint density at radius 2 is 1.93 bits per heavy atom. The predicted molar refractivity (Wildman–Crippen MR) is 115 cm³/mol. The Labute approximate surface area is 170 Å². The highest BCUT2D eigenvalue weighted by atomic mass is 32.2. The van der Waals surface area contributed by atoms with E-state index in [9.17, 15) is 4.79 Å². The summed E-state index contributed by atoms with van der Waals surface area (Å²) in [6.07, 6.45) is 3.58. The van der Waals surface area contributed by atoms with Gasteiger partial charge < -0.3 is 4.90 Å². The summed E-state index contributed by atoms with van der Waals surface area (Å²) in [5.41, 5.74) is 7.84. The van der Waals surface area contributed by atoms with Crippen molar-refractivity contribution in [1.29, 1.82) is 0 Å². The van der Waals surface area contributed by atoms with Crippen molar-refractivity contribution in [1.82, 2.24) is 15.4 Å². The first-order valence-corrected chi connectivity index (χ1v) is 10.1. The number of fused-ring (bicyclic) bond motifs is 1. The van der Waals surface area contributed by atoms with Gasteiger partial charge >= 0.3 is 0 Å². The lowest BCUT2D eigenvalue weighted by Gasteiger charge is -2.23. The van der Waals surface area contributed by atoms with Gasteiger partial charge in [-0.05, 0) is 37.6 Å². The lowest BCUT2D eigenvalue weighted by atomic mass is 9.84. The van der Waals surface area contributed by atoms with Gasteiger partial charge in [-0.15, -0.1) is 0 Å². The maximum absolute atomic E-state index is 12.0. The normalized spacial score (nSPS) is 16.6. The van der Waals surface area contributed by atoms with E-state index in [-0.39, 0.29) is 17.1 Å². The summed E-state index contributed by atoms with van der Waals surface area (Å²) in [5, 5.41) is 4.67. The second-order valence-electron chi connectivity index (χ2n) is 7.29. The van der Waals surface area contributed by atoms with Crippen LogP contribution >= 0.6 is 11.8 Å². The molecular weight excluding hydrogens is 370 g/mol. The monoisotopic (exact) mass is 395 g/mol. The van der Waals surface area contributed by atoms with E-state index >= 15 is 0 Å². The number of likely N-dealkylation sites (N-methyl/N-ethyl adjacent to an activating group) is 1. The summed E-state index contributed by atoms with van der Waals surface area (Å²) < 4.78 is 0. The minimum atomic E-state index is -0.190. The van der Waals surface area contributed by atoms with Gasteiger partial charge in [-0.3, -0.25) is 4.79 Å². The molecule has 0 spiro atoms. The lowest BCUT2D eigenvalue weighted by molar-refractivity contribution is -0.118. The molecule has 1 aliphatic rings. The smallest absolute Gasteiger partial charge is 0.250 e. The predicted octanol–water partition coefficient (Wildman–Crippen LogP) is 3.60. The third kappa shape index (κ3) is 4.25. The number of carbonyl (C=O) groups excluding carboxylic acids is 1.